The number of rotatable bonds is 5. The number of aromatic nitrogens is 3. The molecule has 7 nitrogen and oxygen atoms in total. The van der Waals surface area contributed by atoms with Crippen LogP contribution < -0.4 is 9.44 Å². The van der Waals surface area contributed by atoms with Crippen LogP contribution in [0, 0.1) is 0 Å². The molecule has 1 heterocycles. The summed E-state index contributed by atoms with van der Waals surface area (Å²) in [7, 11) is -3.44. The predicted molar refractivity (Wildman–Crippen MR) is 50.5 cm³/mol. The Kier molecular flexibility index (Phi) is 3.55. The lowest BCUT2D eigenvalue weighted by Gasteiger charge is -2.11. The molecule has 1 rings (SSSR count). The first kappa shape index (κ1) is 11.1. The quantitative estimate of drug-likeness (QED) is 0.610. The Morgan fingerprint density at radius 1 is 1.64 bits per heavy atom. The van der Waals surface area contributed by atoms with Gasteiger partial charge in [0.05, 0.1) is 6.04 Å². The highest BCUT2D eigenvalue weighted by Crippen LogP contribution is 2.04. The van der Waals surface area contributed by atoms with Crippen molar-refractivity contribution >= 4 is 10.2 Å². The smallest absolute Gasteiger partial charge is 0.262 e. The number of nitrogens with zero attached hydrogens (tertiary/aromatic N) is 2. The minimum atomic E-state index is -3.44. The molecule has 0 aliphatic heterocycles. The van der Waals surface area contributed by atoms with Gasteiger partial charge >= 0.3 is 0 Å². The van der Waals surface area contributed by atoms with Crippen molar-refractivity contribution in [2.45, 2.75) is 19.9 Å². The van der Waals surface area contributed by atoms with Gasteiger partial charge < -0.3 is 0 Å². The van der Waals surface area contributed by atoms with E-state index in [9.17, 15) is 8.42 Å². The molecule has 1 aromatic heterocycles. The van der Waals surface area contributed by atoms with Crippen molar-refractivity contribution in [1.82, 2.24) is 24.6 Å². The van der Waals surface area contributed by atoms with E-state index < -0.39 is 16.3 Å². The third-order valence-corrected chi connectivity index (χ3v) is 2.84. The molecule has 0 fully saturated rings. The average molecular weight is 219 g/mol. The van der Waals surface area contributed by atoms with E-state index in [1.165, 1.54) is 6.33 Å². The van der Waals surface area contributed by atoms with Crippen molar-refractivity contribution < 1.29 is 8.42 Å². The number of hydrogen-bond acceptors (Lipinski definition) is 4. The lowest BCUT2D eigenvalue weighted by molar-refractivity contribution is 0.548. The molecule has 0 radical (unpaired) electrons. The predicted octanol–water partition coefficient (Wildman–Crippen LogP) is -0.690. The topological polar surface area (TPSA) is 99.8 Å². The van der Waals surface area contributed by atoms with E-state index in [4.69, 9.17) is 0 Å². The lowest BCUT2D eigenvalue weighted by Crippen LogP contribution is -2.38. The zero-order chi connectivity index (χ0) is 10.6. The highest BCUT2D eigenvalue weighted by atomic mass is 32.2. The SMILES string of the molecule is CCNS(=O)(=O)NC(C)c1ncn[nH]1. The summed E-state index contributed by atoms with van der Waals surface area (Å²) in [6.45, 7) is 3.73. The fraction of sp³-hybridized carbons (Fsp3) is 0.667. The first-order valence-corrected chi connectivity index (χ1v) is 5.65. The van der Waals surface area contributed by atoms with E-state index in [-0.39, 0.29) is 0 Å². The monoisotopic (exact) mass is 219 g/mol. The van der Waals surface area contributed by atoms with Crippen LogP contribution in [-0.4, -0.2) is 30.1 Å². The summed E-state index contributed by atoms with van der Waals surface area (Å²) in [4.78, 5) is 3.84. The molecular weight excluding hydrogens is 206 g/mol. The van der Waals surface area contributed by atoms with Crippen LogP contribution in [0.2, 0.25) is 0 Å². The fourth-order valence-electron chi connectivity index (χ4n) is 0.944. The van der Waals surface area contributed by atoms with Crippen LogP contribution in [-0.2, 0) is 10.2 Å². The molecule has 1 unspecified atom stereocenters. The summed E-state index contributed by atoms with van der Waals surface area (Å²) in [5, 5.41) is 6.21. The van der Waals surface area contributed by atoms with Crippen molar-refractivity contribution in [2.75, 3.05) is 6.54 Å². The molecule has 0 aromatic carbocycles. The van der Waals surface area contributed by atoms with Crippen LogP contribution in [0.15, 0.2) is 6.33 Å². The van der Waals surface area contributed by atoms with Crippen molar-refractivity contribution in [2.24, 2.45) is 0 Å². The van der Waals surface area contributed by atoms with Crippen LogP contribution in [0.3, 0.4) is 0 Å². The Hall–Kier alpha value is -0.990. The average Bonchev–Trinajstić information content (AvgIpc) is 2.53. The van der Waals surface area contributed by atoms with Crippen LogP contribution in [0.1, 0.15) is 25.7 Å². The van der Waals surface area contributed by atoms with Gasteiger partial charge in [-0.1, -0.05) is 6.92 Å². The third-order valence-electron chi connectivity index (χ3n) is 1.51. The minimum Gasteiger partial charge on any atom is -0.262 e. The molecule has 0 saturated carbocycles. The highest BCUT2D eigenvalue weighted by Gasteiger charge is 2.15. The Labute approximate surface area is 82.5 Å². The van der Waals surface area contributed by atoms with E-state index in [0.29, 0.717) is 12.4 Å². The molecular formula is C6H13N5O2S. The first-order chi connectivity index (χ1) is 6.55. The normalized spacial score (nSPS) is 14.1. The van der Waals surface area contributed by atoms with Gasteiger partial charge in [0.2, 0.25) is 0 Å². The number of hydrogen-bond donors (Lipinski definition) is 3. The van der Waals surface area contributed by atoms with E-state index in [1.54, 1.807) is 13.8 Å². The molecule has 3 N–H and O–H groups in total. The summed E-state index contributed by atoms with van der Waals surface area (Å²) in [6.07, 6.45) is 1.33. The fourth-order valence-corrected chi connectivity index (χ4v) is 1.98. The van der Waals surface area contributed by atoms with Gasteiger partial charge in [0.1, 0.15) is 12.2 Å². The van der Waals surface area contributed by atoms with E-state index in [2.05, 4.69) is 24.6 Å². The molecule has 0 saturated heterocycles. The Morgan fingerprint density at radius 3 is 2.86 bits per heavy atom. The molecule has 8 heteroatoms. The second-order valence-electron chi connectivity index (χ2n) is 2.71. The van der Waals surface area contributed by atoms with Crippen molar-refractivity contribution in [3.8, 4) is 0 Å². The molecule has 0 amide bonds. The van der Waals surface area contributed by atoms with Gasteiger partial charge in [-0.2, -0.15) is 18.2 Å². The molecule has 0 bridgehead atoms. The van der Waals surface area contributed by atoms with E-state index in [1.807, 2.05) is 0 Å². The Morgan fingerprint density at radius 2 is 2.36 bits per heavy atom. The number of nitrogens with one attached hydrogen (secondary N) is 3. The maximum atomic E-state index is 11.3. The molecule has 0 aliphatic carbocycles. The minimum absolute atomic E-state index is 0.346. The van der Waals surface area contributed by atoms with Gasteiger partial charge in [-0.05, 0) is 6.92 Å². The van der Waals surface area contributed by atoms with Crippen molar-refractivity contribution in [3.05, 3.63) is 12.2 Å². The van der Waals surface area contributed by atoms with Crippen LogP contribution in [0.25, 0.3) is 0 Å². The molecule has 0 spiro atoms. The summed E-state index contributed by atoms with van der Waals surface area (Å²) in [5.41, 5.74) is 0. The number of aromatic amines is 1. The summed E-state index contributed by atoms with van der Waals surface area (Å²) < 4.78 is 27.2. The molecule has 1 atom stereocenters. The standard InChI is InChI=1S/C6H13N5O2S/c1-3-9-14(12,13)11-5(2)6-7-4-8-10-6/h4-5,9,11H,3H2,1-2H3,(H,7,8,10). The second-order valence-corrected chi connectivity index (χ2v) is 4.24. The first-order valence-electron chi connectivity index (χ1n) is 4.17. The van der Waals surface area contributed by atoms with Crippen LogP contribution in [0.4, 0.5) is 0 Å². The van der Waals surface area contributed by atoms with E-state index in [0.717, 1.165) is 0 Å². The molecule has 1 aromatic rings. The van der Waals surface area contributed by atoms with E-state index >= 15 is 0 Å². The van der Waals surface area contributed by atoms with Crippen molar-refractivity contribution in [3.63, 3.8) is 0 Å². The highest BCUT2D eigenvalue weighted by molar-refractivity contribution is 7.87. The lowest BCUT2D eigenvalue weighted by atomic mass is 10.3. The second kappa shape index (κ2) is 4.49. The van der Waals surface area contributed by atoms with Gasteiger partial charge in [0, 0.05) is 6.54 Å². The van der Waals surface area contributed by atoms with Crippen LogP contribution in [0.5, 0.6) is 0 Å². The zero-order valence-corrected chi connectivity index (χ0v) is 8.80. The van der Waals surface area contributed by atoms with Gasteiger partial charge in [-0.3, -0.25) is 5.10 Å². The Balaban J connectivity index is 2.61. The van der Waals surface area contributed by atoms with Crippen molar-refractivity contribution in [1.29, 1.82) is 0 Å². The molecule has 14 heavy (non-hydrogen) atoms. The summed E-state index contributed by atoms with van der Waals surface area (Å²) in [6, 6.07) is -0.429. The maximum Gasteiger partial charge on any atom is 0.277 e. The largest absolute Gasteiger partial charge is 0.277 e. The van der Waals surface area contributed by atoms with Gasteiger partial charge in [-0.25, -0.2) is 9.71 Å². The summed E-state index contributed by atoms with van der Waals surface area (Å²) >= 11 is 0. The third kappa shape index (κ3) is 3.05. The van der Waals surface area contributed by atoms with Gasteiger partial charge in [0.25, 0.3) is 10.2 Å². The van der Waals surface area contributed by atoms with Gasteiger partial charge in [-0.15, -0.1) is 0 Å². The molecule has 0 aliphatic rings. The summed E-state index contributed by atoms with van der Waals surface area (Å²) in [5.74, 6) is 0.478. The number of H-pyrrole nitrogens is 1. The molecule has 80 valence electrons. The zero-order valence-electron chi connectivity index (χ0n) is 7.98. The van der Waals surface area contributed by atoms with Crippen LogP contribution >= 0.6 is 0 Å². The maximum absolute atomic E-state index is 11.3. The Bertz CT molecular complexity index is 360. The van der Waals surface area contributed by atoms with Gasteiger partial charge in [0.15, 0.2) is 0 Å².